The van der Waals surface area contributed by atoms with E-state index in [1.165, 1.54) is 19.3 Å². The first kappa shape index (κ1) is 7.02. The van der Waals surface area contributed by atoms with Crippen LogP contribution < -0.4 is 0 Å². The minimum absolute atomic E-state index is 0.620. The van der Waals surface area contributed by atoms with Crippen LogP contribution in [0.5, 0.6) is 0 Å². The van der Waals surface area contributed by atoms with Crippen molar-refractivity contribution in [1.82, 2.24) is 0 Å². The van der Waals surface area contributed by atoms with Crippen LogP contribution in [0.1, 0.15) is 33.1 Å². The summed E-state index contributed by atoms with van der Waals surface area (Å²) >= 11 is 4.45. The van der Waals surface area contributed by atoms with E-state index in [0.717, 1.165) is 11.7 Å². The Balaban J connectivity index is 2.27. The van der Waals surface area contributed by atoms with Crippen LogP contribution in [0.15, 0.2) is 0 Å². The van der Waals surface area contributed by atoms with Crippen LogP contribution >= 0.6 is 12.6 Å². The molecule has 2 atom stereocenters. The van der Waals surface area contributed by atoms with Crippen LogP contribution in [0.2, 0.25) is 0 Å². The molecular weight excluding hydrogens is 140 g/mol. The van der Waals surface area contributed by atoms with Crippen molar-refractivity contribution in [1.29, 1.82) is 0 Å². The van der Waals surface area contributed by atoms with E-state index in [-0.39, 0.29) is 0 Å². The van der Waals surface area contributed by atoms with Crippen LogP contribution in [0.25, 0.3) is 0 Å². The average Bonchev–Trinajstić information content (AvgIpc) is 2.41. The maximum Gasteiger partial charge on any atom is -0.00358 e. The standard InChI is InChI=1S/C9H16S/c1-8(2)7-3-4-9(8,5-7)6-10/h7,10H,3-6H2,1-2H3. The van der Waals surface area contributed by atoms with Crippen LogP contribution in [0.4, 0.5) is 0 Å². The van der Waals surface area contributed by atoms with Crippen molar-refractivity contribution in [2.24, 2.45) is 16.7 Å². The summed E-state index contributed by atoms with van der Waals surface area (Å²) < 4.78 is 0. The molecule has 0 spiro atoms. The zero-order chi connectivity index (χ0) is 7.41. The Hall–Kier alpha value is 0.350. The highest BCUT2D eigenvalue weighted by atomic mass is 32.1. The second-order valence-electron chi connectivity index (χ2n) is 4.60. The molecular formula is C9H16S. The summed E-state index contributed by atoms with van der Waals surface area (Å²) in [6.45, 7) is 4.84. The van der Waals surface area contributed by atoms with E-state index in [2.05, 4.69) is 26.5 Å². The molecule has 10 heavy (non-hydrogen) atoms. The van der Waals surface area contributed by atoms with Gasteiger partial charge >= 0.3 is 0 Å². The lowest BCUT2D eigenvalue weighted by Crippen LogP contribution is -2.49. The number of fused-ring (bicyclic) bond motifs is 1. The number of hydrogen-bond acceptors (Lipinski definition) is 1. The van der Waals surface area contributed by atoms with Crippen LogP contribution in [-0.4, -0.2) is 5.75 Å². The van der Waals surface area contributed by atoms with E-state index in [1.807, 2.05) is 0 Å². The Morgan fingerprint density at radius 3 is 2.40 bits per heavy atom. The van der Waals surface area contributed by atoms with Crippen molar-refractivity contribution in [2.45, 2.75) is 33.1 Å². The summed E-state index contributed by atoms with van der Waals surface area (Å²) in [7, 11) is 0. The van der Waals surface area contributed by atoms with E-state index in [4.69, 9.17) is 0 Å². The fourth-order valence-electron chi connectivity index (χ4n) is 2.98. The molecule has 3 saturated carbocycles. The van der Waals surface area contributed by atoms with Gasteiger partial charge in [-0.15, -0.1) is 0 Å². The molecule has 0 aliphatic heterocycles. The normalized spacial score (nSPS) is 48.9. The number of rotatable bonds is 1. The van der Waals surface area contributed by atoms with E-state index >= 15 is 0 Å². The van der Waals surface area contributed by atoms with Crippen LogP contribution in [-0.2, 0) is 0 Å². The van der Waals surface area contributed by atoms with Crippen molar-refractivity contribution in [3.8, 4) is 0 Å². The van der Waals surface area contributed by atoms with Crippen molar-refractivity contribution in [3.05, 3.63) is 0 Å². The maximum absolute atomic E-state index is 4.45. The fraction of sp³-hybridized carbons (Fsp3) is 1.00. The molecule has 3 aliphatic carbocycles. The topological polar surface area (TPSA) is 0 Å². The number of hydrogen-bond donors (Lipinski definition) is 1. The molecule has 3 fully saturated rings. The minimum Gasteiger partial charge on any atom is -0.179 e. The third-order valence-corrected chi connectivity index (χ3v) is 4.90. The quantitative estimate of drug-likeness (QED) is 0.554. The highest BCUT2D eigenvalue weighted by molar-refractivity contribution is 7.80. The SMILES string of the molecule is CC1(C)C2CCC1(CS)C2. The molecule has 0 radical (unpaired) electrons. The van der Waals surface area contributed by atoms with Gasteiger partial charge in [-0.05, 0) is 41.8 Å². The largest absolute Gasteiger partial charge is 0.179 e. The Morgan fingerprint density at radius 2 is 2.20 bits per heavy atom. The van der Waals surface area contributed by atoms with E-state index in [9.17, 15) is 0 Å². The molecule has 0 nitrogen and oxygen atoms in total. The predicted molar refractivity (Wildman–Crippen MR) is 47.4 cm³/mol. The molecule has 0 amide bonds. The molecule has 0 aromatic carbocycles. The van der Waals surface area contributed by atoms with Crippen molar-refractivity contribution in [2.75, 3.05) is 5.75 Å². The van der Waals surface area contributed by atoms with Crippen molar-refractivity contribution >= 4 is 12.6 Å². The Morgan fingerprint density at radius 1 is 1.50 bits per heavy atom. The van der Waals surface area contributed by atoms with Gasteiger partial charge in [0.1, 0.15) is 0 Å². The Bertz CT molecular complexity index is 158. The molecule has 0 saturated heterocycles. The highest BCUT2D eigenvalue weighted by Gasteiger charge is 2.63. The second-order valence-corrected chi connectivity index (χ2v) is 4.92. The van der Waals surface area contributed by atoms with E-state index < -0.39 is 0 Å². The lowest BCUT2D eigenvalue weighted by atomic mass is 9.52. The zero-order valence-electron chi connectivity index (χ0n) is 6.85. The van der Waals surface area contributed by atoms with Gasteiger partial charge in [-0.1, -0.05) is 13.8 Å². The lowest BCUT2D eigenvalue weighted by molar-refractivity contribution is -0.0348. The smallest absolute Gasteiger partial charge is 0.00358 e. The van der Waals surface area contributed by atoms with E-state index in [1.54, 1.807) is 0 Å². The Kier molecular flexibility index (Phi) is 1.22. The van der Waals surface area contributed by atoms with Crippen molar-refractivity contribution in [3.63, 3.8) is 0 Å². The average molecular weight is 156 g/mol. The van der Waals surface area contributed by atoms with Gasteiger partial charge in [-0.2, -0.15) is 12.6 Å². The summed E-state index contributed by atoms with van der Waals surface area (Å²) in [5.41, 5.74) is 1.26. The van der Waals surface area contributed by atoms with Gasteiger partial charge < -0.3 is 0 Å². The first-order valence-electron chi connectivity index (χ1n) is 4.23. The first-order chi connectivity index (χ1) is 4.62. The molecule has 0 aromatic rings. The molecule has 2 bridgehead atoms. The van der Waals surface area contributed by atoms with Gasteiger partial charge in [0.2, 0.25) is 0 Å². The molecule has 3 rings (SSSR count). The monoisotopic (exact) mass is 156 g/mol. The number of thiol groups is 1. The fourth-order valence-corrected chi connectivity index (χ4v) is 3.67. The molecule has 0 N–H and O–H groups in total. The summed E-state index contributed by atoms with van der Waals surface area (Å²) in [6.07, 6.45) is 4.37. The summed E-state index contributed by atoms with van der Waals surface area (Å²) in [6, 6.07) is 0. The van der Waals surface area contributed by atoms with Gasteiger partial charge in [0, 0.05) is 0 Å². The first-order valence-corrected chi connectivity index (χ1v) is 4.86. The summed E-state index contributed by atoms with van der Waals surface area (Å²) in [5.74, 6) is 2.14. The molecule has 0 aromatic heterocycles. The lowest BCUT2D eigenvalue weighted by Gasteiger charge is -2.54. The Labute approximate surface area is 68.8 Å². The van der Waals surface area contributed by atoms with Gasteiger partial charge in [0.25, 0.3) is 0 Å². The summed E-state index contributed by atoms with van der Waals surface area (Å²) in [5, 5.41) is 0. The van der Waals surface area contributed by atoms with Crippen LogP contribution in [0, 0.1) is 16.7 Å². The highest BCUT2D eigenvalue weighted by Crippen LogP contribution is 2.70. The predicted octanol–water partition coefficient (Wildman–Crippen LogP) is 2.74. The zero-order valence-corrected chi connectivity index (χ0v) is 7.75. The molecule has 3 aliphatic rings. The third kappa shape index (κ3) is 0.524. The molecule has 0 heterocycles. The van der Waals surface area contributed by atoms with Gasteiger partial charge in [-0.3, -0.25) is 0 Å². The summed E-state index contributed by atoms with van der Waals surface area (Å²) in [4.78, 5) is 0. The van der Waals surface area contributed by atoms with Gasteiger partial charge in [0.05, 0.1) is 0 Å². The minimum atomic E-state index is 0.620. The van der Waals surface area contributed by atoms with Gasteiger partial charge in [-0.25, -0.2) is 0 Å². The van der Waals surface area contributed by atoms with Crippen LogP contribution in [0.3, 0.4) is 0 Å². The maximum atomic E-state index is 4.45. The van der Waals surface area contributed by atoms with Crippen molar-refractivity contribution < 1.29 is 0 Å². The van der Waals surface area contributed by atoms with E-state index in [0.29, 0.717) is 10.8 Å². The molecule has 2 unspecified atom stereocenters. The second kappa shape index (κ2) is 1.74. The molecule has 58 valence electrons. The third-order valence-electron chi connectivity index (χ3n) is 4.30. The molecule has 1 heteroatoms. The van der Waals surface area contributed by atoms with Gasteiger partial charge in [0.15, 0.2) is 0 Å².